The van der Waals surface area contributed by atoms with Crippen molar-refractivity contribution in [1.82, 2.24) is 16.0 Å². The van der Waals surface area contributed by atoms with Crippen LogP contribution >= 0.6 is 11.8 Å². The summed E-state index contributed by atoms with van der Waals surface area (Å²) in [7, 11) is 0. The molecule has 2 aliphatic heterocycles. The van der Waals surface area contributed by atoms with Crippen molar-refractivity contribution in [3.8, 4) is 0 Å². The monoisotopic (exact) mass is 441 g/mol. The van der Waals surface area contributed by atoms with Crippen LogP contribution in [-0.4, -0.2) is 29.9 Å². The van der Waals surface area contributed by atoms with E-state index in [0.29, 0.717) is 30.7 Å². The van der Waals surface area contributed by atoms with Crippen LogP contribution in [-0.2, 0) is 16.0 Å². The molecule has 1 aliphatic carbocycles. The molecule has 6 heteroatoms. The summed E-state index contributed by atoms with van der Waals surface area (Å²) in [5, 5.41) is 9.83. The molecule has 168 valence electrons. The molecule has 2 amide bonds. The first-order valence-corrected chi connectivity index (χ1v) is 12.4. The molecule has 1 saturated heterocycles. The van der Waals surface area contributed by atoms with Crippen molar-refractivity contribution in [3.63, 3.8) is 0 Å². The Bertz CT molecular complexity index is 846. The molecule has 0 spiro atoms. The first-order valence-electron chi connectivity index (χ1n) is 11.6. The maximum atomic E-state index is 12.9. The van der Waals surface area contributed by atoms with Gasteiger partial charge in [-0.3, -0.25) is 14.9 Å². The molecule has 4 atom stereocenters. The lowest BCUT2D eigenvalue weighted by molar-refractivity contribution is -0.128. The third-order valence-corrected chi connectivity index (χ3v) is 8.30. The van der Waals surface area contributed by atoms with Gasteiger partial charge >= 0.3 is 0 Å². The molecular formula is C25H35N3O2S. The average Bonchev–Trinajstić information content (AvgIpc) is 3.10. The molecule has 1 aromatic rings. The third kappa shape index (κ3) is 5.35. The summed E-state index contributed by atoms with van der Waals surface area (Å²) < 4.78 is 0. The first-order chi connectivity index (χ1) is 14.8. The summed E-state index contributed by atoms with van der Waals surface area (Å²) in [5.41, 5.74) is 2.88. The zero-order chi connectivity index (χ0) is 22.0. The number of hydrogen-bond acceptors (Lipinski definition) is 4. The summed E-state index contributed by atoms with van der Waals surface area (Å²) >= 11 is 1.86. The van der Waals surface area contributed by atoms with E-state index in [2.05, 4.69) is 48.9 Å². The Hall–Kier alpha value is -1.79. The highest BCUT2D eigenvalue weighted by atomic mass is 32.2. The molecule has 0 aromatic heterocycles. The number of carbonyl (C=O) groups excluding carboxylic acids is 2. The van der Waals surface area contributed by atoms with Crippen molar-refractivity contribution in [3.05, 3.63) is 46.4 Å². The lowest BCUT2D eigenvalue weighted by Crippen LogP contribution is -2.59. The van der Waals surface area contributed by atoms with Crippen LogP contribution in [0.1, 0.15) is 58.4 Å². The van der Waals surface area contributed by atoms with Crippen LogP contribution < -0.4 is 16.0 Å². The molecule has 3 N–H and O–H groups in total. The molecule has 5 nitrogen and oxygen atoms in total. The second kappa shape index (κ2) is 9.37. The number of benzene rings is 1. The summed E-state index contributed by atoms with van der Waals surface area (Å²) in [5.74, 6) is 0.803. The maximum absolute atomic E-state index is 12.9. The molecule has 1 fully saturated rings. The van der Waals surface area contributed by atoms with Gasteiger partial charge in [0, 0.05) is 13.0 Å². The van der Waals surface area contributed by atoms with Gasteiger partial charge in [0.2, 0.25) is 11.8 Å². The smallest absolute Gasteiger partial charge is 0.230 e. The highest BCUT2D eigenvalue weighted by Crippen LogP contribution is 2.53. The van der Waals surface area contributed by atoms with E-state index in [1.807, 2.05) is 30.0 Å². The fourth-order valence-corrected chi connectivity index (χ4v) is 6.60. The Morgan fingerprint density at radius 1 is 1.23 bits per heavy atom. The highest BCUT2D eigenvalue weighted by molar-refractivity contribution is 8.04. The Kier molecular flexibility index (Phi) is 6.77. The van der Waals surface area contributed by atoms with Crippen LogP contribution in [0.2, 0.25) is 0 Å². The normalized spacial score (nSPS) is 28.0. The van der Waals surface area contributed by atoms with Crippen molar-refractivity contribution in [2.45, 2.75) is 70.8 Å². The molecule has 0 radical (unpaired) electrons. The van der Waals surface area contributed by atoms with Crippen molar-refractivity contribution in [1.29, 1.82) is 0 Å². The van der Waals surface area contributed by atoms with Crippen molar-refractivity contribution in [2.75, 3.05) is 6.54 Å². The zero-order valence-electron chi connectivity index (χ0n) is 18.9. The molecule has 2 heterocycles. The standard InChI is InChI=1S/C25H35N3O2S/c1-25(2,3)17-9-10-18-19(15-17)31-24-22(18)23(30)27-20(28-24)11-12-21(29)26-14-13-16-7-5-4-6-8-16/h4-8,17,20,22,24,28H,9-15H2,1-3H3,(H,26,29)(H,27,30). The van der Waals surface area contributed by atoms with Crippen LogP contribution in [0.15, 0.2) is 40.8 Å². The molecule has 0 bridgehead atoms. The second-order valence-electron chi connectivity index (χ2n) is 10.1. The van der Waals surface area contributed by atoms with E-state index >= 15 is 0 Å². The van der Waals surface area contributed by atoms with E-state index in [1.165, 1.54) is 22.5 Å². The van der Waals surface area contributed by atoms with E-state index in [1.54, 1.807) is 0 Å². The van der Waals surface area contributed by atoms with Crippen LogP contribution in [0, 0.1) is 17.3 Å². The van der Waals surface area contributed by atoms with E-state index in [4.69, 9.17) is 0 Å². The Balaban J connectivity index is 1.24. The molecule has 3 aliphatic rings. The minimum absolute atomic E-state index is 0.0404. The van der Waals surface area contributed by atoms with Gasteiger partial charge in [0.25, 0.3) is 0 Å². The second-order valence-corrected chi connectivity index (χ2v) is 11.4. The predicted octanol–water partition coefficient (Wildman–Crippen LogP) is 3.96. The molecule has 4 rings (SSSR count). The lowest BCUT2D eigenvalue weighted by Gasteiger charge is -2.36. The number of thioether (sulfide) groups is 1. The Labute approximate surface area is 190 Å². The minimum Gasteiger partial charge on any atom is -0.356 e. The summed E-state index contributed by atoms with van der Waals surface area (Å²) in [6, 6.07) is 10.2. The highest BCUT2D eigenvalue weighted by Gasteiger charge is 2.47. The number of allylic oxidation sites excluding steroid dienone is 1. The Morgan fingerprint density at radius 2 is 2.00 bits per heavy atom. The third-order valence-electron chi connectivity index (χ3n) is 6.93. The van der Waals surface area contributed by atoms with Gasteiger partial charge in [-0.2, -0.15) is 0 Å². The summed E-state index contributed by atoms with van der Waals surface area (Å²) in [6.07, 6.45) is 5.02. The van der Waals surface area contributed by atoms with Gasteiger partial charge in [0.15, 0.2) is 0 Å². The quantitative estimate of drug-likeness (QED) is 0.625. The maximum Gasteiger partial charge on any atom is 0.230 e. The molecule has 4 unspecified atom stereocenters. The van der Waals surface area contributed by atoms with Gasteiger partial charge in [0.1, 0.15) is 0 Å². The topological polar surface area (TPSA) is 70.2 Å². The van der Waals surface area contributed by atoms with Crippen LogP contribution in [0.25, 0.3) is 0 Å². The fraction of sp³-hybridized carbons (Fsp3) is 0.600. The van der Waals surface area contributed by atoms with Gasteiger partial charge in [0.05, 0.1) is 17.5 Å². The number of fused-ring (bicyclic) bond motifs is 2. The number of amides is 2. The van der Waals surface area contributed by atoms with E-state index in [0.717, 1.165) is 19.3 Å². The SMILES string of the molecule is CC(C)(C)C1CCC2=C(C1)SC1NC(CCC(=O)NCCc3ccccc3)NC(=O)C21. The lowest BCUT2D eigenvalue weighted by atomic mass is 9.71. The number of hydrogen-bond donors (Lipinski definition) is 3. The van der Waals surface area contributed by atoms with Crippen molar-refractivity contribution in [2.24, 2.45) is 17.3 Å². The van der Waals surface area contributed by atoms with Crippen molar-refractivity contribution < 1.29 is 9.59 Å². The van der Waals surface area contributed by atoms with Crippen LogP contribution in [0.4, 0.5) is 0 Å². The van der Waals surface area contributed by atoms with Crippen LogP contribution in [0.3, 0.4) is 0 Å². The Morgan fingerprint density at radius 3 is 2.74 bits per heavy atom. The van der Waals surface area contributed by atoms with Gasteiger partial charge in [-0.15, -0.1) is 11.8 Å². The summed E-state index contributed by atoms with van der Waals surface area (Å²) in [6.45, 7) is 7.60. The number of rotatable bonds is 6. The van der Waals surface area contributed by atoms with Gasteiger partial charge < -0.3 is 10.6 Å². The van der Waals surface area contributed by atoms with E-state index in [9.17, 15) is 9.59 Å². The van der Waals surface area contributed by atoms with Crippen LogP contribution in [0.5, 0.6) is 0 Å². The van der Waals surface area contributed by atoms with Gasteiger partial charge in [-0.25, -0.2) is 0 Å². The summed E-state index contributed by atoms with van der Waals surface area (Å²) in [4.78, 5) is 26.6. The first kappa shape index (κ1) is 22.4. The molecular weight excluding hydrogens is 406 g/mol. The van der Waals surface area contributed by atoms with Crippen molar-refractivity contribution >= 4 is 23.6 Å². The zero-order valence-corrected chi connectivity index (χ0v) is 19.7. The molecule has 31 heavy (non-hydrogen) atoms. The largest absolute Gasteiger partial charge is 0.356 e. The predicted molar refractivity (Wildman–Crippen MR) is 126 cm³/mol. The van der Waals surface area contributed by atoms with E-state index in [-0.39, 0.29) is 29.3 Å². The van der Waals surface area contributed by atoms with Gasteiger partial charge in [-0.1, -0.05) is 51.1 Å². The molecule has 1 aromatic carbocycles. The minimum atomic E-state index is -0.138. The van der Waals surface area contributed by atoms with E-state index < -0.39 is 0 Å². The number of carbonyl (C=O) groups is 2. The average molecular weight is 442 g/mol. The molecule has 0 saturated carbocycles. The number of nitrogens with one attached hydrogen (secondary N) is 3. The van der Waals surface area contributed by atoms with Gasteiger partial charge in [-0.05, 0) is 59.5 Å². The fourth-order valence-electron chi connectivity index (χ4n) is 4.96.